The van der Waals surface area contributed by atoms with Gasteiger partial charge in [0, 0.05) is 0 Å². The minimum Gasteiger partial charge on any atom is -0.207 e. The second-order valence-corrected chi connectivity index (χ2v) is 8.08. The van der Waals surface area contributed by atoms with Gasteiger partial charge in [-0.1, -0.05) is 64.1 Å². The maximum absolute atomic E-state index is 13.1. The van der Waals surface area contributed by atoms with E-state index in [1.165, 1.54) is 35.2 Å². The van der Waals surface area contributed by atoms with Crippen LogP contribution in [0.5, 0.6) is 0 Å². The molecule has 1 aliphatic carbocycles. The molecule has 23 heavy (non-hydrogen) atoms. The smallest absolute Gasteiger partial charge is 0.123 e. The molecule has 0 radical (unpaired) electrons. The summed E-state index contributed by atoms with van der Waals surface area (Å²) in [6.07, 6.45) is 3.37. The van der Waals surface area contributed by atoms with Crippen LogP contribution in [-0.2, 0) is 10.8 Å². The monoisotopic (exact) mass is 308 g/mol. The zero-order chi connectivity index (χ0) is 16.8. The Morgan fingerprint density at radius 3 is 2.17 bits per heavy atom. The van der Waals surface area contributed by atoms with E-state index in [0.717, 1.165) is 11.1 Å². The SMILES string of the molecule is CC(=Cc1ccc2c(c1)C(C)(C)CC2(C)C)c1ccc(F)cc1. The fourth-order valence-corrected chi connectivity index (χ4v) is 4.14. The predicted molar refractivity (Wildman–Crippen MR) is 97.1 cm³/mol. The van der Waals surface area contributed by atoms with Crippen LogP contribution in [-0.4, -0.2) is 0 Å². The average molecular weight is 308 g/mol. The van der Waals surface area contributed by atoms with E-state index in [-0.39, 0.29) is 16.6 Å². The third-order valence-corrected chi connectivity index (χ3v) is 5.07. The summed E-state index contributed by atoms with van der Waals surface area (Å²) >= 11 is 0. The number of halogens is 1. The number of hydrogen-bond donors (Lipinski definition) is 0. The van der Waals surface area contributed by atoms with Gasteiger partial charge in [0.05, 0.1) is 0 Å². The highest BCUT2D eigenvalue weighted by molar-refractivity contribution is 5.80. The van der Waals surface area contributed by atoms with Crippen LogP contribution < -0.4 is 0 Å². The molecule has 0 bridgehead atoms. The minimum atomic E-state index is -0.192. The van der Waals surface area contributed by atoms with Crippen molar-refractivity contribution >= 4 is 11.6 Å². The molecule has 120 valence electrons. The van der Waals surface area contributed by atoms with Gasteiger partial charge in [0.15, 0.2) is 0 Å². The molecule has 0 saturated heterocycles. The number of fused-ring (bicyclic) bond motifs is 1. The summed E-state index contributed by atoms with van der Waals surface area (Å²) in [5.41, 5.74) is 6.82. The van der Waals surface area contributed by atoms with Gasteiger partial charge in [-0.3, -0.25) is 0 Å². The summed E-state index contributed by atoms with van der Waals surface area (Å²) in [6, 6.07) is 13.5. The second kappa shape index (κ2) is 5.33. The van der Waals surface area contributed by atoms with Crippen molar-refractivity contribution in [3.63, 3.8) is 0 Å². The topological polar surface area (TPSA) is 0 Å². The molecular formula is C22H25F. The average Bonchev–Trinajstić information content (AvgIpc) is 2.64. The second-order valence-electron chi connectivity index (χ2n) is 8.08. The van der Waals surface area contributed by atoms with Crippen molar-refractivity contribution in [3.8, 4) is 0 Å². The van der Waals surface area contributed by atoms with Crippen LogP contribution in [0.3, 0.4) is 0 Å². The Hall–Kier alpha value is -1.89. The fourth-order valence-electron chi connectivity index (χ4n) is 4.14. The molecule has 0 amide bonds. The summed E-state index contributed by atoms with van der Waals surface area (Å²) in [5, 5.41) is 0. The summed E-state index contributed by atoms with van der Waals surface area (Å²) in [4.78, 5) is 0. The van der Waals surface area contributed by atoms with E-state index >= 15 is 0 Å². The molecule has 0 spiro atoms. The third kappa shape index (κ3) is 2.97. The van der Waals surface area contributed by atoms with Gasteiger partial charge < -0.3 is 0 Å². The Kier molecular flexibility index (Phi) is 3.71. The maximum atomic E-state index is 13.1. The van der Waals surface area contributed by atoms with Crippen molar-refractivity contribution in [2.75, 3.05) is 0 Å². The van der Waals surface area contributed by atoms with E-state index in [1.54, 1.807) is 0 Å². The lowest BCUT2D eigenvalue weighted by atomic mass is 9.82. The molecule has 0 nitrogen and oxygen atoms in total. The summed E-state index contributed by atoms with van der Waals surface area (Å²) < 4.78 is 13.1. The van der Waals surface area contributed by atoms with Gasteiger partial charge in [-0.25, -0.2) is 4.39 Å². The Balaban J connectivity index is 2.00. The van der Waals surface area contributed by atoms with E-state index in [1.807, 2.05) is 12.1 Å². The van der Waals surface area contributed by atoms with Gasteiger partial charge in [0.2, 0.25) is 0 Å². The summed E-state index contributed by atoms with van der Waals surface area (Å²) in [7, 11) is 0. The van der Waals surface area contributed by atoms with Crippen molar-refractivity contribution in [3.05, 3.63) is 70.5 Å². The normalized spacial score (nSPS) is 18.8. The molecule has 1 heteroatoms. The molecule has 0 aliphatic heterocycles. The van der Waals surface area contributed by atoms with E-state index in [2.05, 4.69) is 58.9 Å². The number of hydrogen-bond acceptors (Lipinski definition) is 0. The van der Waals surface area contributed by atoms with Gasteiger partial charge >= 0.3 is 0 Å². The standard InChI is InChI=1S/C22H25F/c1-15(17-7-9-18(23)10-8-17)12-16-6-11-19-20(13-16)22(4,5)14-21(19,2)3/h6-13H,14H2,1-5H3. The lowest BCUT2D eigenvalue weighted by molar-refractivity contribution is 0.403. The lowest BCUT2D eigenvalue weighted by Gasteiger charge is -2.22. The van der Waals surface area contributed by atoms with E-state index < -0.39 is 0 Å². The molecule has 2 aromatic carbocycles. The molecule has 0 heterocycles. The maximum Gasteiger partial charge on any atom is 0.123 e. The third-order valence-electron chi connectivity index (χ3n) is 5.07. The number of rotatable bonds is 2. The van der Waals surface area contributed by atoms with Crippen LogP contribution in [0.15, 0.2) is 42.5 Å². The van der Waals surface area contributed by atoms with Gasteiger partial charge in [-0.2, -0.15) is 0 Å². The largest absolute Gasteiger partial charge is 0.207 e. The molecule has 3 rings (SSSR count). The van der Waals surface area contributed by atoms with Gasteiger partial charge in [-0.15, -0.1) is 0 Å². The van der Waals surface area contributed by atoms with Crippen molar-refractivity contribution < 1.29 is 4.39 Å². The van der Waals surface area contributed by atoms with E-state index in [4.69, 9.17) is 0 Å². The molecule has 0 N–H and O–H groups in total. The Morgan fingerprint density at radius 2 is 1.52 bits per heavy atom. The molecule has 1 aliphatic rings. The predicted octanol–water partition coefficient (Wildman–Crippen LogP) is 6.35. The van der Waals surface area contributed by atoms with Gasteiger partial charge in [0.25, 0.3) is 0 Å². The first-order valence-electron chi connectivity index (χ1n) is 8.28. The lowest BCUT2D eigenvalue weighted by Crippen LogP contribution is -2.17. The highest BCUT2D eigenvalue weighted by Crippen LogP contribution is 2.49. The highest BCUT2D eigenvalue weighted by atomic mass is 19.1. The van der Waals surface area contributed by atoms with Crippen molar-refractivity contribution in [1.82, 2.24) is 0 Å². The zero-order valence-electron chi connectivity index (χ0n) is 14.7. The fraction of sp³-hybridized carbons (Fsp3) is 0.364. The highest BCUT2D eigenvalue weighted by Gasteiger charge is 2.41. The Bertz CT molecular complexity index is 761. The molecule has 0 saturated carbocycles. The molecule has 2 aromatic rings. The van der Waals surface area contributed by atoms with Gasteiger partial charge in [0.1, 0.15) is 5.82 Å². The molecule has 0 fully saturated rings. The Labute approximate surface area is 139 Å². The van der Waals surface area contributed by atoms with E-state index in [0.29, 0.717) is 0 Å². The number of allylic oxidation sites excluding steroid dienone is 1. The van der Waals surface area contributed by atoms with Crippen molar-refractivity contribution in [2.45, 2.75) is 51.9 Å². The van der Waals surface area contributed by atoms with Crippen LogP contribution in [0.2, 0.25) is 0 Å². The summed E-state index contributed by atoms with van der Waals surface area (Å²) in [6.45, 7) is 11.4. The molecule has 0 unspecified atom stereocenters. The first-order valence-corrected chi connectivity index (χ1v) is 8.28. The minimum absolute atomic E-state index is 0.192. The van der Waals surface area contributed by atoms with Crippen molar-refractivity contribution in [1.29, 1.82) is 0 Å². The van der Waals surface area contributed by atoms with Crippen LogP contribution in [0.4, 0.5) is 4.39 Å². The quantitative estimate of drug-likeness (QED) is 0.567. The zero-order valence-corrected chi connectivity index (χ0v) is 14.7. The van der Waals surface area contributed by atoms with Crippen LogP contribution >= 0.6 is 0 Å². The first-order chi connectivity index (χ1) is 10.7. The summed E-state index contributed by atoms with van der Waals surface area (Å²) in [5.74, 6) is -0.192. The van der Waals surface area contributed by atoms with E-state index in [9.17, 15) is 4.39 Å². The molecular weight excluding hydrogens is 283 g/mol. The first kappa shape index (κ1) is 16.0. The Morgan fingerprint density at radius 1 is 0.913 bits per heavy atom. The van der Waals surface area contributed by atoms with Crippen LogP contribution in [0.25, 0.3) is 11.6 Å². The molecule has 0 aromatic heterocycles. The van der Waals surface area contributed by atoms with Crippen LogP contribution in [0.1, 0.15) is 63.3 Å². The van der Waals surface area contributed by atoms with Gasteiger partial charge in [-0.05, 0) is 64.1 Å². The van der Waals surface area contributed by atoms with Crippen molar-refractivity contribution in [2.24, 2.45) is 0 Å². The van der Waals surface area contributed by atoms with Crippen LogP contribution in [0, 0.1) is 5.82 Å². The number of benzene rings is 2. The molecule has 0 atom stereocenters.